The van der Waals surface area contributed by atoms with Gasteiger partial charge >= 0.3 is 0 Å². The van der Waals surface area contributed by atoms with E-state index in [9.17, 15) is 0 Å². The van der Waals surface area contributed by atoms with Gasteiger partial charge in [0.05, 0.1) is 32.1 Å². The van der Waals surface area contributed by atoms with Gasteiger partial charge in [0.2, 0.25) is 5.88 Å². The summed E-state index contributed by atoms with van der Waals surface area (Å²) in [6, 6.07) is 3.69. The first-order valence-electron chi connectivity index (χ1n) is 7.75. The smallest absolute Gasteiger partial charge is 0.213 e. The van der Waals surface area contributed by atoms with Gasteiger partial charge in [0.15, 0.2) is 5.11 Å². The zero-order valence-corrected chi connectivity index (χ0v) is 14.2. The van der Waals surface area contributed by atoms with Gasteiger partial charge in [0.1, 0.15) is 11.9 Å². The number of hydrogen-bond acceptors (Lipinski definition) is 4. The number of likely N-dealkylation sites (tertiary alicyclic amines) is 1. The molecule has 1 aliphatic carbocycles. The van der Waals surface area contributed by atoms with Crippen LogP contribution in [0.1, 0.15) is 13.3 Å². The third kappa shape index (κ3) is 4.01. The summed E-state index contributed by atoms with van der Waals surface area (Å²) < 4.78 is 11.0. The van der Waals surface area contributed by atoms with E-state index in [1.807, 2.05) is 6.07 Å². The van der Waals surface area contributed by atoms with E-state index in [1.165, 1.54) is 0 Å². The van der Waals surface area contributed by atoms with E-state index in [-0.39, 0.29) is 6.10 Å². The molecule has 0 aromatic carbocycles. The Morgan fingerprint density at radius 1 is 1.39 bits per heavy atom. The van der Waals surface area contributed by atoms with Crippen LogP contribution in [-0.2, 0) is 4.74 Å². The Hall–Kier alpha value is -2.08. The minimum Gasteiger partial charge on any atom is -0.487 e. The summed E-state index contributed by atoms with van der Waals surface area (Å²) in [4.78, 5) is 6.23. The number of ether oxygens (including phenoxy) is 2. The lowest BCUT2D eigenvalue weighted by molar-refractivity contribution is 0.0207. The van der Waals surface area contributed by atoms with Crippen molar-refractivity contribution in [1.29, 1.82) is 0 Å². The van der Waals surface area contributed by atoms with Crippen LogP contribution in [0.15, 0.2) is 42.3 Å². The predicted octanol–water partition coefficient (Wildman–Crippen LogP) is 2.97. The quantitative estimate of drug-likeness (QED) is 0.856. The monoisotopic (exact) mass is 331 g/mol. The lowest BCUT2D eigenvalue weighted by Crippen LogP contribution is -2.55. The average molecular weight is 331 g/mol. The SMILES string of the molecule is COc1ccc(NC(=S)N2CC(OC3=CCC(C)C=C3)C2)cn1. The van der Waals surface area contributed by atoms with Gasteiger partial charge in [-0.1, -0.05) is 13.0 Å². The molecule has 2 aliphatic rings. The lowest BCUT2D eigenvalue weighted by Gasteiger charge is -2.41. The molecule has 1 fully saturated rings. The number of rotatable bonds is 4. The molecule has 1 aromatic rings. The molecule has 1 unspecified atom stereocenters. The van der Waals surface area contributed by atoms with E-state index in [0.717, 1.165) is 31.0 Å². The van der Waals surface area contributed by atoms with Gasteiger partial charge in [-0.3, -0.25) is 0 Å². The van der Waals surface area contributed by atoms with Crippen molar-refractivity contribution in [1.82, 2.24) is 9.88 Å². The molecule has 0 saturated carbocycles. The van der Waals surface area contributed by atoms with Gasteiger partial charge in [-0.15, -0.1) is 0 Å². The molecule has 1 N–H and O–H groups in total. The van der Waals surface area contributed by atoms with E-state index in [4.69, 9.17) is 21.7 Å². The van der Waals surface area contributed by atoms with Crippen molar-refractivity contribution in [2.45, 2.75) is 19.4 Å². The minimum absolute atomic E-state index is 0.202. The fraction of sp³-hybridized carbons (Fsp3) is 0.412. The zero-order valence-electron chi connectivity index (χ0n) is 13.4. The standard InChI is InChI=1S/C17H21N3O2S/c1-12-3-6-14(7-4-12)22-15-10-20(11-15)17(23)19-13-5-8-16(21-2)18-9-13/h3,5-9,12,15H,4,10-11H2,1-2H3,(H,19,23). The summed E-state index contributed by atoms with van der Waals surface area (Å²) >= 11 is 5.41. The molecule has 0 bridgehead atoms. The molecule has 1 aliphatic heterocycles. The van der Waals surface area contributed by atoms with E-state index >= 15 is 0 Å². The molecule has 5 nitrogen and oxygen atoms in total. The third-order valence-corrected chi connectivity index (χ3v) is 4.27. The third-order valence-electron chi connectivity index (χ3n) is 3.91. The molecule has 0 spiro atoms. The molecule has 0 amide bonds. The summed E-state index contributed by atoms with van der Waals surface area (Å²) in [5, 5.41) is 3.87. The highest BCUT2D eigenvalue weighted by Crippen LogP contribution is 2.22. The minimum atomic E-state index is 0.202. The number of anilines is 1. The number of nitrogens with zero attached hydrogens (tertiary/aromatic N) is 2. The Kier molecular flexibility index (Phi) is 4.81. The maximum absolute atomic E-state index is 5.95. The number of methoxy groups -OCH3 is 1. The van der Waals surface area contributed by atoms with E-state index < -0.39 is 0 Å². The predicted molar refractivity (Wildman–Crippen MR) is 94.5 cm³/mol. The summed E-state index contributed by atoms with van der Waals surface area (Å²) in [5.41, 5.74) is 0.854. The first-order valence-corrected chi connectivity index (χ1v) is 8.16. The highest BCUT2D eigenvalue weighted by atomic mass is 32.1. The first-order chi connectivity index (χ1) is 11.1. The normalized spacial score (nSPS) is 20.5. The first kappa shape index (κ1) is 15.8. The largest absolute Gasteiger partial charge is 0.487 e. The zero-order chi connectivity index (χ0) is 16.2. The van der Waals surface area contributed by atoms with Crippen molar-refractivity contribution in [3.05, 3.63) is 42.3 Å². The van der Waals surface area contributed by atoms with Crippen molar-refractivity contribution in [2.75, 3.05) is 25.5 Å². The summed E-state index contributed by atoms with van der Waals surface area (Å²) in [7, 11) is 1.60. The Morgan fingerprint density at radius 3 is 2.83 bits per heavy atom. The highest BCUT2D eigenvalue weighted by Gasteiger charge is 2.30. The summed E-state index contributed by atoms with van der Waals surface area (Å²) in [6.07, 6.45) is 9.37. The molecule has 2 heterocycles. The van der Waals surface area contributed by atoms with Gasteiger partial charge in [0, 0.05) is 6.07 Å². The number of aromatic nitrogens is 1. The van der Waals surface area contributed by atoms with Crippen LogP contribution in [-0.4, -0.2) is 41.3 Å². The Labute approximate surface area is 142 Å². The van der Waals surface area contributed by atoms with E-state index in [0.29, 0.717) is 16.9 Å². The molecule has 1 aromatic heterocycles. The fourth-order valence-electron chi connectivity index (χ4n) is 2.44. The van der Waals surface area contributed by atoms with Crippen LogP contribution < -0.4 is 10.1 Å². The maximum Gasteiger partial charge on any atom is 0.213 e. The van der Waals surface area contributed by atoms with Crippen LogP contribution in [0.2, 0.25) is 0 Å². The number of allylic oxidation sites excluding steroid dienone is 3. The van der Waals surface area contributed by atoms with Crippen LogP contribution in [0, 0.1) is 5.92 Å². The molecule has 6 heteroatoms. The molecule has 122 valence electrons. The van der Waals surface area contributed by atoms with Gasteiger partial charge in [0.25, 0.3) is 0 Å². The number of pyridine rings is 1. The summed E-state index contributed by atoms with van der Waals surface area (Å²) in [6.45, 7) is 3.80. The van der Waals surface area contributed by atoms with Crippen LogP contribution in [0.25, 0.3) is 0 Å². The second kappa shape index (κ2) is 7.00. The van der Waals surface area contributed by atoms with Crippen molar-refractivity contribution in [3.63, 3.8) is 0 Å². The molecule has 1 atom stereocenters. The van der Waals surface area contributed by atoms with Crippen LogP contribution in [0.5, 0.6) is 5.88 Å². The van der Waals surface area contributed by atoms with Crippen molar-refractivity contribution >= 4 is 23.0 Å². The van der Waals surface area contributed by atoms with Crippen LogP contribution in [0.4, 0.5) is 5.69 Å². The number of hydrogen-bond donors (Lipinski definition) is 1. The van der Waals surface area contributed by atoms with Crippen molar-refractivity contribution in [2.24, 2.45) is 5.92 Å². The molecule has 1 saturated heterocycles. The molecule has 3 rings (SSSR count). The van der Waals surface area contributed by atoms with Gasteiger partial charge < -0.3 is 19.7 Å². The lowest BCUT2D eigenvalue weighted by atomic mass is 10.0. The number of thiocarbonyl (C=S) groups is 1. The van der Waals surface area contributed by atoms with Gasteiger partial charge in [-0.05, 0) is 42.8 Å². The highest BCUT2D eigenvalue weighted by molar-refractivity contribution is 7.80. The topological polar surface area (TPSA) is 46.6 Å². The van der Waals surface area contributed by atoms with Gasteiger partial charge in [-0.2, -0.15) is 0 Å². The van der Waals surface area contributed by atoms with Crippen LogP contribution in [0.3, 0.4) is 0 Å². The Bertz CT molecular complexity index is 621. The Balaban J connectivity index is 1.43. The Morgan fingerprint density at radius 2 is 2.22 bits per heavy atom. The molecule has 0 radical (unpaired) electrons. The van der Waals surface area contributed by atoms with E-state index in [2.05, 4.69) is 40.4 Å². The molecule has 23 heavy (non-hydrogen) atoms. The van der Waals surface area contributed by atoms with Crippen molar-refractivity contribution in [3.8, 4) is 5.88 Å². The van der Waals surface area contributed by atoms with Crippen LogP contribution >= 0.6 is 12.2 Å². The van der Waals surface area contributed by atoms with E-state index in [1.54, 1.807) is 19.4 Å². The van der Waals surface area contributed by atoms with Crippen molar-refractivity contribution < 1.29 is 9.47 Å². The fourth-order valence-corrected chi connectivity index (χ4v) is 2.71. The maximum atomic E-state index is 5.95. The average Bonchev–Trinajstić information content (AvgIpc) is 2.53. The molecular weight excluding hydrogens is 310 g/mol. The molecular formula is C17H21N3O2S. The second-order valence-corrected chi connectivity index (χ2v) is 6.23. The summed E-state index contributed by atoms with van der Waals surface area (Å²) in [5.74, 6) is 2.17. The second-order valence-electron chi connectivity index (χ2n) is 5.84. The number of nitrogens with one attached hydrogen (secondary N) is 1. The van der Waals surface area contributed by atoms with Gasteiger partial charge in [-0.25, -0.2) is 4.98 Å².